The Balaban J connectivity index is 1.52. The van der Waals surface area contributed by atoms with E-state index in [9.17, 15) is 14.7 Å². The molecule has 4 aromatic rings. The van der Waals surface area contributed by atoms with Gasteiger partial charge < -0.3 is 20.8 Å². The number of fused-ring (bicyclic) bond motifs is 1. The van der Waals surface area contributed by atoms with Gasteiger partial charge >= 0.3 is 0 Å². The Morgan fingerprint density at radius 3 is 2.84 bits per heavy atom. The molecule has 3 N–H and O–H groups in total. The van der Waals surface area contributed by atoms with E-state index in [1.54, 1.807) is 24.4 Å². The van der Waals surface area contributed by atoms with Crippen molar-refractivity contribution in [1.29, 1.82) is 0 Å². The first-order chi connectivity index (χ1) is 15.4. The van der Waals surface area contributed by atoms with Crippen LogP contribution in [0.4, 0.5) is 10.3 Å². The third kappa shape index (κ3) is 3.26. The molecule has 3 aromatic heterocycles. The Hall–Kier alpha value is -3.86. The molecule has 0 spiro atoms. The van der Waals surface area contributed by atoms with Gasteiger partial charge in [0.05, 0.1) is 13.3 Å². The molecule has 11 heteroatoms. The standard InChI is InChI=1S/C21H20FN7O3/c1-32-16-9-12(22)8-14-18(24-20(23)25-19(14)16)15-11-28(27-26-15)10-13-4-2-5-17(29(13)31)21(30)6-3-7-21/h2,4-5,8-9,11,30H,3,6-7,10H2,1H3,(H2,23,24,25). The number of ether oxygens (including phenoxy) is 1. The van der Waals surface area contributed by atoms with Gasteiger partial charge in [-0.1, -0.05) is 5.21 Å². The van der Waals surface area contributed by atoms with Crippen LogP contribution in [0.25, 0.3) is 22.3 Å². The van der Waals surface area contributed by atoms with Gasteiger partial charge in [-0.2, -0.15) is 4.73 Å². The van der Waals surface area contributed by atoms with E-state index in [1.807, 2.05) is 0 Å². The van der Waals surface area contributed by atoms with Crippen molar-refractivity contribution in [2.24, 2.45) is 0 Å². The highest BCUT2D eigenvalue weighted by Crippen LogP contribution is 2.39. The van der Waals surface area contributed by atoms with Crippen molar-refractivity contribution in [2.75, 3.05) is 12.8 Å². The summed E-state index contributed by atoms with van der Waals surface area (Å²) in [5.74, 6) is -0.318. The lowest BCUT2D eigenvalue weighted by molar-refractivity contribution is -0.633. The number of methoxy groups -OCH3 is 1. The number of nitrogens with zero attached hydrogens (tertiary/aromatic N) is 6. The monoisotopic (exact) mass is 437 g/mol. The number of aliphatic hydroxyl groups is 1. The van der Waals surface area contributed by atoms with E-state index in [0.29, 0.717) is 46.5 Å². The number of pyridine rings is 1. The fourth-order valence-corrected chi connectivity index (χ4v) is 3.95. The average molecular weight is 437 g/mol. The SMILES string of the molecule is COc1cc(F)cc2c(-c3cn(Cc4cccc(C5(O)CCC5)[n+]4[O-])nn3)nc(N)nc12. The van der Waals surface area contributed by atoms with Crippen molar-refractivity contribution in [2.45, 2.75) is 31.4 Å². The largest absolute Gasteiger partial charge is 0.618 e. The van der Waals surface area contributed by atoms with Gasteiger partial charge in [-0.25, -0.2) is 19.0 Å². The smallest absolute Gasteiger partial charge is 0.224 e. The minimum atomic E-state index is -1.08. The van der Waals surface area contributed by atoms with E-state index in [0.717, 1.165) is 11.2 Å². The molecule has 10 nitrogen and oxygen atoms in total. The first-order valence-electron chi connectivity index (χ1n) is 10.0. The molecule has 5 rings (SSSR count). The predicted molar refractivity (Wildman–Crippen MR) is 112 cm³/mol. The van der Waals surface area contributed by atoms with Gasteiger partial charge in [0.25, 0.3) is 0 Å². The Kier molecular flexibility index (Phi) is 4.63. The van der Waals surface area contributed by atoms with Crippen LogP contribution in [0.5, 0.6) is 5.75 Å². The quantitative estimate of drug-likeness (QED) is 0.355. The summed E-state index contributed by atoms with van der Waals surface area (Å²) in [6, 6.07) is 7.53. The molecule has 0 atom stereocenters. The molecule has 0 bridgehead atoms. The third-order valence-electron chi connectivity index (χ3n) is 5.75. The predicted octanol–water partition coefficient (Wildman–Crippen LogP) is 1.67. The highest BCUT2D eigenvalue weighted by Gasteiger charge is 2.43. The molecule has 1 aliphatic rings. The molecule has 3 heterocycles. The van der Waals surface area contributed by atoms with Crippen LogP contribution in [0.3, 0.4) is 0 Å². The van der Waals surface area contributed by atoms with Crippen molar-refractivity contribution in [3.8, 4) is 17.1 Å². The van der Waals surface area contributed by atoms with E-state index in [-0.39, 0.29) is 18.2 Å². The van der Waals surface area contributed by atoms with Crippen LogP contribution in [-0.2, 0) is 12.1 Å². The molecule has 0 saturated heterocycles. The van der Waals surface area contributed by atoms with Gasteiger partial charge in [0.15, 0.2) is 0 Å². The summed E-state index contributed by atoms with van der Waals surface area (Å²) in [5.41, 5.74) is 6.49. The van der Waals surface area contributed by atoms with Gasteiger partial charge in [0.2, 0.25) is 17.3 Å². The Morgan fingerprint density at radius 2 is 2.12 bits per heavy atom. The molecule has 164 valence electrons. The van der Waals surface area contributed by atoms with Crippen molar-refractivity contribution >= 4 is 16.9 Å². The topological polar surface area (TPSA) is 139 Å². The molecule has 0 aliphatic heterocycles. The van der Waals surface area contributed by atoms with E-state index in [2.05, 4.69) is 20.3 Å². The fourth-order valence-electron chi connectivity index (χ4n) is 3.95. The molecule has 0 amide bonds. The zero-order chi connectivity index (χ0) is 22.5. The summed E-state index contributed by atoms with van der Waals surface area (Å²) in [5, 5.41) is 32.0. The number of aromatic nitrogens is 6. The number of benzene rings is 1. The van der Waals surface area contributed by atoms with Crippen LogP contribution < -0.4 is 15.2 Å². The van der Waals surface area contributed by atoms with Crippen molar-refractivity contribution in [3.05, 3.63) is 58.9 Å². The van der Waals surface area contributed by atoms with E-state index in [1.165, 1.54) is 23.9 Å². The number of hydrogen-bond acceptors (Lipinski definition) is 8. The first kappa shape index (κ1) is 20.1. The lowest BCUT2D eigenvalue weighted by atomic mass is 9.77. The molecular formula is C21H20FN7O3. The Bertz CT molecular complexity index is 1340. The van der Waals surface area contributed by atoms with Crippen LogP contribution in [0.2, 0.25) is 0 Å². The summed E-state index contributed by atoms with van der Waals surface area (Å²) in [6.07, 6.45) is 3.60. The summed E-state index contributed by atoms with van der Waals surface area (Å²) in [4.78, 5) is 8.38. The van der Waals surface area contributed by atoms with E-state index < -0.39 is 11.4 Å². The average Bonchev–Trinajstić information content (AvgIpc) is 3.21. The molecule has 1 fully saturated rings. The highest BCUT2D eigenvalue weighted by atomic mass is 19.1. The van der Waals surface area contributed by atoms with E-state index in [4.69, 9.17) is 10.5 Å². The number of nitrogen functional groups attached to an aromatic ring is 1. The van der Waals surface area contributed by atoms with Crippen LogP contribution >= 0.6 is 0 Å². The van der Waals surface area contributed by atoms with Crippen LogP contribution in [0, 0.1) is 11.0 Å². The lowest BCUT2D eigenvalue weighted by Gasteiger charge is -2.34. The zero-order valence-electron chi connectivity index (χ0n) is 17.2. The van der Waals surface area contributed by atoms with Crippen LogP contribution in [-0.4, -0.2) is 37.2 Å². The van der Waals surface area contributed by atoms with Gasteiger partial charge in [-0.05, 0) is 31.4 Å². The molecular weight excluding hydrogens is 417 g/mol. The van der Waals surface area contributed by atoms with Gasteiger partial charge in [-0.3, -0.25) is 0 Å². The second-order valence-electron chi connectivity index (χ2n) is 7.82. The summed E-state index contributed by atoms with van der Waals surface area (Å²) >= 11 is 0. The van der Waals surface area contributed by atoms with Gasteiger partial charge in [0.1, 0.15) is 40.6 Å². The van der Waals surface area contributed by atoms with Gasteiger partial charge in [-0.15, -0.1) is 5.10 Å². The van der Waals surface area contributed by atoms with Crippen LogP contribution in [0.1, 0.15) is 30.7 Å². The third-order valence-corrected chi connectivity index (χ3v) is 5.75. The number of hydrogen-bond donors (Lipinski definition) is 2. The summed E-state index contributed by atoms with van der Waals surface area (Å²) < 4.78 is 21.6. The maximum Gasteiger partial charge on any atom is 0.224 e. The summed E-state index contributed by atoms with van der Waals surface area (Å²) in [7, 11) is 1.41. The zero-order valence-corrected chi connectivity index (χ0v) is 17.2. The fraction of sp³-hybridized carbons (Fsp3) is 0.286. The molecule has 1 saturated carbocycles. The second-order valence-corrected chi connectivity index (χ2v) is 7.82. The normalized spacial score (nSPS) is 15.0. The maximum atomic E-state index is 14.1. The Labute approximate surface area is 181 Å². The number of anilines is 1. The molecule has 0 radical (unpaired) electrons. The number of rotatable bonds is 5. The molecule has 1 aliphatic carbocycles. The minimum absolute atomic E-state index is 0.0224. The minimum Gasteiger partial charge on any atom is -0.618 e. The lowest BCUT2D eigenvalue weighted by Crippen LogP contribution is -2.48. The van der Waals surface area contributed by atoms with Crippen molar-refractivity contribution in [3.63, 3.8) is 0 Å². The summed E-state index contributed by atoms with van der Waals surface area (Å²) in [6.45, 7) is 0.122. The maximum absolute atomic E-state index is 14.1. The first-order valence-corrected chi connectivity index (χ1v) is 10.0. The van der Waals surface area contributed by atoms with Crippen molar-refractivity contribution < 1.29 is 19.0 Å². The van der Waals surface area contributed by atoms with E-state index >= 15 is 0 Å². The van der Waals surface area contributed by atoms with Crippen molar-refractivity contribution in [1.82, 2.24) is 25.0 Å². The molecule has 32 heavy (non-hydrogen) atoms. The molecule has 1 aromatic carbocycles. The van der Waals surface area contributed by atoms with Crippen LogP contribution in [0.15, 0.2) is 36.5 Å². The highest BCUT2D eigenvalue weighted by molar-refractivity contribution is 5.95. The number of halogens is 1. The van der Waals surface area contributed by atoms with Gasteiger partial charge in [0, 0.05) is 23.6 Å². The Morgan fingerprint density at radius 1 is 1.31 bits per heavy atom. The molecule has 0 unspecified atom stereocenters. The second kappa shape index (κ2) is 7.38. The number of nitrogens with two attached hydrogens (primary N) is 1.